The van der Waals surface area contributed by atoms with Crippen molar-refractivity contribution in [1.29, 1.82) is 0 Å². The fourth-order valence-corrected chi connectivity index (χ4v) is 2.55. The Kier molecular flexibility index (Phi) is 4.57. The minimum absolute atomic E-state index is 0.263. The Hall–Kier alpha value is -3.47. The van der Waals surface area contributed by atoms with Gasteiger partial charge in [0.25, 0.3) is 11.8 Å². The second-order valence-electron chi connectivity index (χ2n) is 5.70. The summed E-state index contributed by atoms with van der Waals surface area (Å²) in [6, 6.07) is 16.3. The Labute approximate surface area is 145 Å². The normalized spacial score (nSPS) is 10.3. The molecule has 3 N–H and O–H groups in total. The van der Waals surface area contributed by atoms with Gasteiger partial charge in [0.2, 0.25) is 0 Å². The molecule has 0 fully saturated rings. The SMILES string of the molecule is Cc1cccc(-c2cncc(C(=O)Nc3ccccc3C(N)=O)c2)c1. The molecule has 5 heteroatoms. The number of carbonyl (C=O) groups excluding carboxylic acids is 2. The molecule has 124 valence electrons. The maximum Gasteiger partial charge on any atom is 0.257 e. The summed E-state index contributed by atoms with van der Waals surface area (Å²) in [7, 11) is 0. The number of primary amides is 1. The molecular formula is C20H17N3O2. The molecule has 0 aliphatic carbocycles. The number of amides is 2. The van der Waals surface area contributed by atoms with Crippen molar-refractivity contribution in [3.63, 3.8) is 0 Å². The van der Waals surface area contributed by atoms with E-state index in [-0.39, 0.29) is 11.5 Å². The number of rotatable bonds is 4. The lowest BCUT2D eigenvalue weighted by Gasteiger charge is -2.09. The lowest BCUT2D eigenvalue weighted by Crippen LogP contribution is -2.18. The van der Waals surface area contributed by atoms with E-state index in [9.17, 15) is 9.59 Å². The first kappa shape index (κ1) is 16.4. The van der Waals surface area contributed by atoms with Gasteiger partial charge in [-0.25, -0.2) is 0 Å². The summed E-state index contributed by atoms with van der Waals surface area (Å²) in [6.45, 7) is 2.01. The van der Waals surface area contributed by atoms with Crippen molar-refractivity contribution in [1.82, 2.24) is 4.98 Å². The number of carbonyl (C=O) groups is 2. The van der Waals surface area contributed by atoms with Crippen LogP contribution in [-0.4, -0.2) is 16.8 Å². The van der Waals surface area contributed by atoms with Gasteiger partial charge in [-0.3, -0.25) is 14.6 Å². The van der Waals surface area contributed by atoms with Gasteiger partial charge >= 0.3 is 0 Å². The number of nitrogens with zero attached hydrogens (tertiary/aromatic N) is 1. The predicted molar refractivity (Wildman–Crippen MR) is 97.3 cm³/mol. The van der Waals surface area contributed by atoms with Gasteiger partial charge in [-0.05, 0) is 30.7 Å². The maximum absolute atomic E-state index is 12.5. The molecule has 0 aliphatic heterocycles. The van der Waals surface area contributed by atoms with Crippen LogP contribution < -0.4 is 11.1 Å². The number of nitrogens with two attached hydrogens (primary N) is 1. The van der Waals surface area contributed by atoms with E-state index in [0.29, 0.717) is 11.3 Å². The molecule has 0 bridgehead atoms. The van der Waals surface area contributed by atoms with Crippen LogP contribution in [-0.2, 0) is 0 Å². The third-order valence-corrected chi connectivity index (χ3v) is 3.79. The highest BCUT2D eigenvalue weighted by atomic mass is 16.2. The number of hydrogen-bond acceptors (Lipinski definition) is 3. The van der Waals surface area contributed by atoms with Crippen molar-refractivity contribution in [2.24, 2.45) is 5.73 Å². The first-order valence-corrected chi connectivity index (χ1v) is 7.77. The van der Waals surface area contributed by atoms with Gasteiger partial charge < -0.3 is 11.1 Å². The molecule has 0 unspecified atom stereocenters. The van der Waals surface area contributed by atoms with Crippen LogP contribution in [0.4, 0.5) is 5.69 Å². The van der Waals surface area contributed by atoms with Crippen molar-refractivity contribution >= 4 is 17.5 Å². The van der Waals surface area contributed by atoms with Crippen molar-refractivity contribution in [3.05, 3.63) is 83.7 Å². The summed E-state index contributed by atoms with van der Waals surface area (Å²) in [4.78, 5) is 28.2. The summed E-state index contributed by atoms with van der Waals surface area (Å²) < 4.78 is 0. The molecule has 3 rings (SSSR count). The fraction of sp³-hybridized carbons (Fsp3) is 0.0500. The highest BCUT2D eigenvalue weighted by Crippen LogP contribution is 2.21. The quantitative estimate of drug-likeness (QED) is 0.768. The summed E-state index contributed by atoms with van der Waals surface area (Å²) in [5, 5.41) is 2.72. The lowest BCUT2D eigenvalue weighted by molar-refractivity contribution is 0.100. The fourth-order valence-electron chi connectivity index (χ4n) is 2.55. The smallest absolute Gasteiger partial charge is 0.257 e. The highest BCUT2D eigenvalue weighted by Gasteiger charge is 2.13. The zero-order valence-electron chi connectivity index (χ0n) is 13.7. The summed E-state index contributed by atoms with van der Waals surface area (Å²) in [5.41, 5.74) is 9.34. The number of hydrogen-bond donors (Lipinski definition) is 2. The first-order chi connectivity index (χ1) is 12.0. The number of para-hydroxylation sites is 1. The number of aromatic nitrogens is 1. The molecule has 2 aromatic carbocycles. The summed E-state index contributed by atoms with van der Waals surface area (Å²) in [6.07, 6.45) is 3.20. The third-order valence-electron chi connectivity index (χ3n) is 3.79. The van der Waals surface area contributed by atoms with Crippen LogP contribution in [0.25, 0.3) is 11.1 Å². The molecular weight excluding hydrogens is 314 g/mol. The Morgan fingerprint density at radius 1 is 0.960 bits per heavy atom. The zero-order valence-corrected chi connectivity index (χ0v) is 13.7. The molecule has 1 aromatic heterocycles. The van der Waals surface area contributed by atoms with Crippen LogP contribution in [0.5, 0.6) is 0 Å². The second kappa shape index (κ2) is 6.97. The third kappa shape index (κ3) is 3.72. The molecule has 0 saturated carbocycles. The molecule has 0 atom stereocenters. The number of aryl methyl sites for hydroxylation is 1. The van der Waals surface area contributed by atoms with Gasteiger partial charge in [-0.1, -0.05) is 42.0 Å². The Bertz CT molecular complexity index is 951. The molecule has 0 aliphatic rings. The summed E-state index contributed by atoms with van der Waals surface area (Å²) >= 11 is 0. The molecule has 1 heterocycles. The molecule has 25 heavy (non-hydrogen) atoms. The van der Waals surface area contributed by atoms with Crippen molar-refractivity contribution in [2.75, 3.05) is 5.32 Å². The molecule has 0 radical (unpaired) electrons. The number of anilines is 1. The average molecular weight is 331 g/mol. The van der Waals surface area contributed by atoms with Crippen molar-refractivity contribution in [2.45, 2.75) is 6.92 Å². The van der Waals surface area contributed by atoms with Crippen molar-refractivity contribution < 1.29 is 9.59 Å². The average Bonchev–Trinajstić information content (AvgIpc) is 2.62. The van der Waals surface area contributed by atoms with Gasteiger partial charge in [-0.15, -0.1) is 0 Å². The van der Waals surface area contributed by atoms with Crippen LogP contribution >= 0.6 is 0 Å². The molecule has 2 amide bonds. The van der Waals surface area contributed by atoms with Crippen LogP contribution in [0.2, 0.25) is 0 Å². The Morgan fingerprint density at radius 2 is 1.76 bits per heavy atom. The van der Waals surface area contributed by atoms with Crippen LogP contribution in [0.1, 0.15) is 26.3 Å². The standard InChI is InChI=1S/C20H17N3O2/c1-13-5-4-6-14(9-13)15-10-16(12-22-11-15)20(25)23-18-8-3-2-7-17(18)19(21)24/h2-12H,1H3,(H2,21,24)(H,23,25). The van der Waals surface area contributed by atoms with Gasteiger partial charge in [0.05, 0.1) is 16.8 Å². The maximum atomic E-state index is 12.5. The minimum Gasteiger partial charge on any atom is -0.366 e. The molecule has 0 spiro atoms. The van der Waals surface area contributed by atoms with Gasteiger partial charge in [0.15, 0.2) is 0 Å². The second-order valence-corrected chi connectivity index (χ2v) is 5.70. The summed E-state index contributed by atoms with van der Waals surface area (Å²) in [5.74, 6) is -0.946. The predicted octanol–water partition coefficient (Wildman–Crippen LogP) is 3.41. The molecule has 5 nitrogen and oxygen atoms in total. The number of benzene rings is 2. The molecule has 0 saturated heterocycles. The van der Waals surface area contributed by atoms with Crippen LogP contribution in [0.3, 0.4) is 0 Å². The van der Waals surface area contributed by atoms with E-state index < -0.39 is 5.91 Å². The van der Waals surface area contributed by atoms with E-state index >= 15 is 0 Å². The van der Waals surface area contributed by atoms with E-state index in [1.54, 1.807) is 36.5 Å². The Morgan fingerprint density at radius 3 is 2.52 bits per heavy atom. The van der Waals surface area contributed by atoms with E-state index in [1.807, 2.05) is 31.2 Å². The van der Waals surface area contributed by atoms with Crippen molar-refractivity contribution in [3.8, 4) is 11.1 Å². The van der Waals surface area contributed by atoms with E-state index in [2.05, 4.69) is 10.3 Å². The van der Waals surface area contributed by atoms with E-state index in [4.69, 9.17) is 5.73 Å². The van der Waals surface area contributed by atoms with E-state index in [0.717, 1.165) is 16.7 Å². The topological polar surface area (TPSA) is 85.1 Å². The van der Waals surface area contributed by atoms with Gasteiger partial charge in [0.1, 0.15) is 0 Å². The largest absolute Gasteiger partial charge is 0.366 e. The first-order valence-electron chi connectivity index (χ1n) is 7.77. The minimum atomic E-state index is -0.595. The number of pyridine rings is 1. The van der Waals surface area contributed by atoms with Gasteiger partial charge in [0, 0.05) is 18.0 Å². The van der Waals surface area contributed by atoms with Crippen LogP contribution in [0, 0.1) is 6.92 Å². The lowest BCUT2D eigenvalue weighted by atomic mass is 10.0. The molecule has 3 aromatic rings. The van der Waals surface area contributed by atoms with Crippen LogP contribution in [0.15, 0.2) is 67.0 Å². The van der Waals surface area contributed by atoms with E-state index in [1.165, 1.54) is 6.20 Å². The Balaban J connectivity index is 1.89. The monoisotopic (exact) mass is 331 g/mol. The van der Waals surface area contributed by atoms with Gasteiger partial charge in [-0.2, -0.15) is 0 Å². The highest BCUT2D eigenvalue weighted by molar-refractivity contribution is 6.08. The zero-order chi connectivity index (χ0) is 17.8. The number of nitrogens with one attached hydrogen (secondary N) is 1.